The number of ether oxygens (including phenoxy) is 1. The fourth-order valence-electron chi connectivity index (χ4n) is 1.74. The van der Waals surface area contributed by atoms with Crippen molar-refractivity contribution in [2.45, 2.75) is 33.1 Å². The molecule has 0 aromatic heterocycles. The molecule has 0 unspecified atom stereocenters. The molecule has 1 aromatic carbocycles. The fourth-order valence-corrected chi connectivity index (χ4v) is 1.93. The van der Waals surface area contributed by atoms with Gasteiger partial charge >= 0.3 is 5.97 Å². The van der Waals surface area contributed by atoms with Gasteiger partial charge in [-0.15, -0.1) is 0 Å². The number of nitriles is 1. The standard InChI is InChI=1S/C18H20ClNO2/c1-5-22-17(21)14(12-20)8-11-16(19)13-6-9-15(10-7-13)18(2,3)4/h6-11H,5H2,1-4H3/b14-8-,16-11-. The molecule has 0 heterocycles. The first-order valence-electron chi connectivity index (χ1n) is 7.05. The van der Waals surface area contributed by atoms with Gasteiger partial charge in [-0.25, -0.2) is 4.79 Å². The molecule has 22 heavy (non-hydrogen) atoms. The average molecular weight is 318 g/mol. The number of nitrogens with zero attached hydrogens (tertiary/aromatic N) is 1. The molecule has 4 heteroatoms. The van der Waals surface area contributed by atoms with Gasteiger partial charge in [-0.3, -0.25) is 0 Å². The van der Waals surface area contributed by atoms with Crippen molar-refractivity contribution in [1.82, 2.24) is 0 Å². The molecule has 0 saturated carbocycles. The molecule has 0 aliphatic rings. The molecule has 0 radical (unpaired) electrons. The van der Waals surface area contributed by atoms with E-state index in [-0.39, 0.29) is 17.6 Å². The van der Waals surface area contributed by atoms with E-state index >= 15 is 0 Å². The monoisotopic (exact) mass is 317 g/mol. The van der Waals surface area contributed by atoms with Crippen molar-refractivity contribution in [1.29, 1.82) is 5.26 Å². The van der Waals surface area contributed by atoms with Gasteiger partial charge in [0.15, 0.2) is 0 Å². The van der Waals surface area contributed by atoms with Crippen molar-refractivity contribution in [3.05, 3.63) is 53.1 Å². The summed E-state index contributed by atoms with van der Waals surface area (Å²) in [7, 11) is 0. The molecule has 0 bridgehead atoms. The summed E-state index contributed by atoms with van der Waals surface area (Å²) in [6, 6.07) is 9.69. The lowest BCUT2D eigenvalue weighted by atomic mass is 9.87. The SMILES string of the molecule is CCOC(=O)/C(C#N)=C\C=C(/Cl)c1ccc(C(C)(C)C)cc1. The summed E-state index contributed by atoms with van der Waals surface area (Å²) in [5, 5.41) is 9.40. The molecule has 1 rings (SSSR count). The lowest BCUT2D eigenvalue weighted by Crippen LogP contribution is -2.10. The average Bonchev–Trinajstić information content (AvgIpc) is 2.47. The number of hydrogen-bond acceptors (Lipinski definition) is 3. The topological polar surface area (TPSA) is 50.1 Å². The number of rotatable bonds is 4. The van der Waals surface area contributed by atoms with Crippen LogP contribution in [-0.4, -0.2) is 12.6 Å². The zero-order valence-corrected chi connectivity index (χ0v) is 14.1. The number of carbonyl (C=O) groups is 1. The third kappa shape index (κ3) is 5.05. The highest BCUT2D eigenvalue weighted by molar-refractivity contribution is 6.48. The maximum Gasteiger partial charge on any atom is 0.348 e. The Kier molecular flexibility index (Phi) is 6.39. The highest BCUT2D eigenvalue weighted by Crippen LogP contribution is 2.25. The Bertz CT molecular complexity index is 629. The van der Waals surface area contributed by atoms with Crippen LogP contribution >= 0.6 is 11.6 Å². The van der Waals surface area contributed by atoms with Crippen LogP contribution < -0.4 is 0 Å². The number of esters is 1. The van der Waals surface area contributed by atoms with Crippen LogP contribution in [0.2, 0.25) is 0 Å². The van der Waals surface area contributed by atoms with Gasteiger partial charge in [0.25, 0.3) is 0 Å². The Balaban J connectivity index is 2.98. The Morgan fingerprint density at radius 2 is 1.86 bits per heavy atom. The van der Waals surface area contributed by atoms with Crippen molar-refractivity contribution in [3.63, 3.8) is 0 Å². The maximum absolute atomic E-state index is 11.5. The molecule has 0 amide bonds. The van der Waals surface area contributed by atoms with Crippen molar-refractivity contribution >= 4 is 22.6 Å². The smallest absolute Gasteiger partial charge is 0.348 e. The molecular formula is C18H20ClNO2. The van der Waals surface area contributed by atoms with Gasteiger partial charge in [0, 0.05) is 5.03 Å². The summed E-state index contributed by atoms with van der Waals surface area (Å²) < 4.78 is 4.78. The van der Waals surface area contributed by atoms with Gasteiger partial charge in [-0.1, -0.05) is 56.6 Å². The minimum atomic E-state index is -0.645. The Morgan fingerprint density at radius 1 is 1.27 bits per heavy atom. The lowest BCUT2D eigenvalue weighted by Gasteiger charge is -2.19. The summed E-state index contributed by atoms with van der Waals surface area (Å²) in [6.45, 7) is 8.33. The molecule has 0 saturated heterocycles. The first-order valence-corrected chi connectivity index (χ1v) is 7.43. The van der Waals surface area contributed by atoms with Crippen LogP contribution in [0.1, 0.15) is 38.8 Å². The normalized spacial score (nSPS) is 12.7. The molecule has 3 nitrogen and oxygen atoms in total. The van der Waals surface area contributed by atoms with E-state index < -0.39 is 5.97 Å². The van der Waals surface area contributed by atoms with Gasteiger partial charge in [0.05, 0.1) is 6.61 Å². The Morgan fingerprint density at radius 3 is 2.32 bits per heavy atom. The van der Waals surface area contributed by atoms with E-state index in [1.165, 1.54) is 17.7 Å². The van der Waals surface area contributed by atoms with Gasteiger partial charge in [0.1, 0.15) is 11.6 Å². The lowest BCUT2D eigenvalue weighted by molar-refractivity contribution is -0.138. The van der Waals surface area contributed by atoms with Crippen LogP contribution in [-0.2, 0) is 14.9 Å². The van der Waals surface area contributed by atoms with E-state index in [0.29, 0.717) is 5.03 Å². The summed E-state index contributed by atoms with van der Waals surface area (Å²) in [5.41, 5.74) is 2.03. The summed E-state index contributed by atoms with van der Waals surface area (Å²) in [6.07, 6.45) is 2.90. The van der Waals surface area contributed by atoms with E-state index in [1.54, 1.807) is 13.0 Å². The molecular weight excluding hydrogens is 298 g/mol. The van der Waals surface area contributed by atoms with Crippen molar-refractivity contribution in [2.24, 2.45) is 0 Å². The first-order chi connectivity index (χ1) is 10.3. The van der Waals surface area contributed by atoms with Crippen LogP contribution in [0.25, 0.3) is 5.03 Å². The third-order valence-electron chi connectivity index (χ3n) is 3.04. The van der Waals surface area contributed by atoms with Gasteiger partial charge < -0.3 is 4.74 Å². The second-order valence-electron chi connectivity index (χ2n) is 5.75. The van der Waals surface area contributed by atoms with Crippen LogP contribution in [0.4, 0.5) is 0 Å². The molecule has 0 N–H and O–H groups in total. The van der Waals surface area contributed by atoms with Crippen LogP contribution in [0.5, 0.6) is 0 Å². The predicted octanol–water partition coefficient (Wildman–Crippen LogP) is 4.58. The molecule has 0 aliphatic heterocycles. The van der Waals surface area contributed by atoms with Crippen LogP contribution in [0.15, 0.2) is 42.0 Å². The summed E-state index contributed by atoms with van der Waals surface area (Å²) in [4.78, 5) is 11.5. The van der Waals surface area contributed by atoms with E-state index in [4.69, 9.17) is 21.6 Å². The minimum Gasteiger partial charge on any atom is -0.462 e. The summed E-state index contributed by atoms with van der Waals surface area (Å²) in [5.74, 6) is -0.645. The second-order valence-corrected chi connectivity index (χ2v) is 6.16. The van der Waals surface area contributed by atoms with Gasteiger partial charge in [0.2, 0.25) is 0 Å². The predicted molar refractivity (Wildman–Crippen MR) is 89.3 cm³/mol. The highest BCUT2D eigenvalue weighted by Gasteiger charge is 2.13. The Labute approximate surface area is 136 Å². The van der Waals surface area contributed by atoms with E-state index in [2.05, 4.69) is 20.8 Å². The van der Waals surface area contributed by atoms with Gasteiger partial charge in [-0.2, -0.15) is 5.26 Å². The molecule has 0 fully saturated rings. The second kappa shape index (κ2) is 7.82. The fraction of sp³-hybridized carbons (Fsp3) is 0.333. The molecule has 0 aliphatic carbocycles. The quantitative estimate of drug-likeness (QED) is 0.353. The van der Waals surface area contributed by atoms with Crippen molar-refractivity contribution < 1.29 is 9.53 Å². The van der Waals surface area contributed by atoms with Crippen molar-refractivity contribution in [2.75, 3.05) is 6.61 Å². The highest BCUT2D eigenvalue weighted by atomic mass is 35.5. The van der Waals surface area contributed by atoms with E-state index in [9.17, 15) is 4.79 Å². The van der Waals surface area contributed by atoms with Crippen molar-refractivity contribution in [3.8, 4) is 6.07 Å². The Hall–Kier alpha value is -2.05. The molecule has 0 spiro atoms. The number of allylic oxidation sites excluding steroid dienone is 2. The first kappa shape index (κ1) is 18.0. The molecule has 0 atom stereocenters. The van der Waals surface area contributed by atoms with Crippen LogP contribution in [0.3, 0.4) is 0 Å². The zero-order chi connectivity index (χ0) is 16.8. The number of hydrogen-bond donors (Lipinski definition) is 0. The number of benzene rings is 1. The maximum atomic E-state index is 11.5. The number of carbonyl (C=O) groups excluding carboxylic acids is 1. The van der Waals surface area contributed by atoms with E-state index in [1.807, 2.05) is 24.3 Å². The molecule has 116 valence electrons. The zero-order valence-electron chi connectivity index (χ0n) is 13.3. The van der Waals surface area contributed by atoms with E-state index in [0.717, 1.165) is 5.56 Å². The minimum absolute atomic E-state index is 0.0759. The van der Waals surface area contributed by atoms with Gasteiger partial charge in [-0.05, 0) is 35.6 Å². The summed E-state index contributed by atoms with van der Waals surface area (Å²) >= 11 is 6.21. The van der Waals surface area contributed by atoms with Crippen LogP contribution in [0, 0.1) is 11.3 Å². The largest absolute Gasteiger partial charge is 0.462 e. The molecule has 1 aromatic rings. The third-order valence-corrected chi connectivity index (χ3v) is 3.38. The number of halogens is 1.